The fourth-order valence-electron chi connectivity index (χ4n) is 4.51. The molecule has 0 saturated carbocycles. The average Bonchev–Trinajstić information content (AvgIpc) is 3.26. The first-order valence-corrected chi connectivity index (χ1v) is 11.3. The SMILES string of the molecule is C[C@@H]1CCCN(C(=O)c2ccc(F)c(F)c2-c2ncccn2)[C@@H]1CNc1nc2cc(F)ccc2o1. The number of fused-ring (bicyclic) bond motifs is 1. The molecule has 1 fully saturated rings. The molecule has 3 heterocycles. The first-order valence-electron chi connectivity index (χ1n) is 11.3. The topological polar surface area (TPSA) is 84.2 Å². The molecule has 1 aliphatic heterocycles. The lowest BCUT2D eigenvalue weighted by molar-refractivity contribution is 0.0539. The lowest BCUT2D eigenvalue weighted by Crippen LogP contribution is -2.51. The normalized spacial score (nSPS) is 18.1. The molecular weight excluding hydrogens is 459 g/mol. The number of oxazole rings is 1. The van der Waals surface area contributed by atoms with Gasteiger partial charge in [-0.3, -0.25) is 4.79 Å². The summed E-state index contributed by atoms with van der Waals surface area (Å²) in [5, 5.41) is 3.10. The summed E-state index contributed by atoms with van der Waals surface area (Å²) < 4.78 is 48.1. The molecule has 180 valence electrons. The Morgan fingerprint density at radius 1 is 1.17 bits per heavy atom. The number of hydrogen-bond acceptors (Lipinski definition) is 6. The molecule has 0 bridgehead atoms. The van der Waals surface area contributed by atoms with Gasteiger partial charge in [-0.05, 0) is 49.1 Å². The molecule has 2 aromatic carbocycles. The standard InChI is InChI=1S/C25H22F3N5O2/c1-14-4-2-11-33(19(14)13-31-25-32-18-12-15(26)5-8-20(18)35-25)24(34)16-6-7-17(27)22(28)21(16)23-29-9-3-10-30-23/h3,5-10,12,14,19H,2,4,11,13H2,1H3,(H,31,32)/t14-,19-/m1/s1. The van der Waals surface area contributed by atoms with Gasteiger partial charge in [0.1, 0.15) is 11.3 Å². The number of anilines is 1. The zero-order valence-corrected chi connectivity index (χ0v) is 18.8. The third-order valence-electron chi connectivity index (χ3n) is 6.30. The highest BCUT2D eigenvalue weighted by Gasteiger charge is 2.34. The molecule has 2 atom stereocenters. The average molecular weight is 481 g/mol. The molecule has 0 spiro atoms. The highest BCUT2D eigenvalue weighted by molar-refractivity contribution is 6.00. The fraction of sp³-hybridized carbons (Fsp3) is 0.280. The predicted molar refractivity (Wildman–Crippen MR) is 123 cm³/mol. The van der Waals surface area contributed by atoms with Crippen molar-refractivity contribution in [2.45, 2.75) is 25.8 Å². The van der Waals surface area contributed by atoms with Crippen LogP contribution in [0.25, 0.3) is 22.5 Å². The van der Waals surface area contributed by atoms with E-state index in [4.69, 9.17) is 4.42 Å². The van der Waals surface area contributed by atoms with Gasteiger partial charge in [0.05, 0.1) is 17.2 Å². The molecule has 10 heteroatoms. The smallest absolute Gasteiger partial charge is 0.295 e. The van der Waals surface area contributed by atoms with Gasteiger partial charge in [-0.1, -0.05) is 6.92 Å². The molecule has 1 amide bonds. The van der Waals surface area contributed by atoms with Gasteiger partial charge in [0, 0.05) is 31.5 Å². The number of amides is 1. The van der Waals surface area contributed by atoms with E-state index in [9.17, 15) is 18.0 Å². The summed E-state index contributed by atoms with van der Waals surface area (Å²) in [7, 11) is 0. The number of nitrogens with zero attached hydrogens (tertiary/aromatic N) is 4. The van der Waals surface area contributed by atoms with Crippen LogP contribution >= 0.6 is 0 Å². The minimum Gasteiger partial charge on any atom is -0.424 e. The van der Waals surface area contributed by atoms with Gasteiger partial charge in [-0.25, -0.2) is 23.1 Å². The molecule has 0 radical (unpaired) electrons. The van der Waals surface area contributed by atoms with Crippen molar-refractivity contribution in [1.82, 2.24) is 19.9 Å². The molecule has 0 unspecified atom stereocenters. The third-order valence-corrected chi connectivity index (χ3v) is 6.30. The molecule has 1 saturated heterocycles. The van der Waals surface area contributed by atoms with Gasteiger partial charge >= 0.3 is 0 Å². The van der Waals surface area contributed by atoms with E-state index < -0.39 is 23.4 Å². The van der Waals surface area contributed by atoms with Crippen LogP contribution in [0.15, 0.2) is 53.2 Å². The Bertz CT molecular complexity index is 1380. The molecule has 0 aliphatic carbocycles. The summed E-state index contributed by atoms with van der Waals surface area (Å²) in [5.74, 6) is -3.05. The van der Waals surface area contributed by atoms with Crippen molar-refractivity contribution in [1.29, 1.82) is 0 Å². The lowest BCUT2D eigenvalue weighted by Gasteiger charge is -2.40. The Balaban J connectivity index is 1.44. The summed E-state index contributed by atoms with van der Waals surface area (Å²) in [6.45, 7) is 2.78. The van der Waals surface area contributed by atoms with Crippen LogP contribution in [0.3, 0.4) is 0 Å². The number of halogens is 3. The van der Waals surface area contributed by atoms with Crippen LogP contribution in [0.5, 0.6) is 0 Å². The number of aromatic nitrogens is 3. The van der Waals surface area contributed by atoms with Gasteiger partial charge in [0.15, 0.2) is 23.0 Å². The maximum atomic E-state index is 14.9. The zero-order valence-electron chi connectivity index (χ0n) is 18.8. The van der Waals surface area contributed by atoms with E-state index in [1.165, 1.54) is 36.7 Å². The highest BCUT2D eigenvalue weighted by Crippen LogP contribution is 2.31. The Morgan fingerprint density at radius 3 is 2.77 bits per heavy atom. The fourth-order valence-corrected chi connectivity index (χ4v) is 4.51. The largest absolute Gasteiger partial charge is 0.424 e. The second-order valence-electron chi connectivity index (χ2n) is 8.55. The van der Waals surface area contributed by atoms with Crippen molar-refractivity contribution in [2.24, 2.45) is 5.92 Å². The Kier molecular flexibility index (Phi) is 6.10. The molecule has 7 nitrogen and oxygen atoms in total. The minimum absolute atomic E-state index is 0.00784. The molecule has 1 N–H and O–H groups in total. The van der Waals surface area contributed by atoms with E-state index in [-0.39, 0.29) is 34.9 Å². The van der Waals surface area contributed by atoms with Gasteiger partial charge in [0.25, 0.3) is 11.9 Å². The van der Waals surface area contributed by atoms with Crippen molar-refractivity contribution >= 4 is 23.0 Å². The van der Waals surface area contributed by atoms with E-state index in [2.05, 4.69) is 20.3 Å². The Morgan fingerprint density at radius 2 is 1.97 bits per heavy atom. The van der Waals surface area contributed by atoms with Crippen LogP contribution < -0.4 is 5.32 Å². The number of carbonyl (C=O) groups excluding carboxylic acids is 1. The first-order chi connectivity index (χ1) is 16.9. The zero-order chi connectivity index (χ0) is 24.5. The van der Waals surface area contributed by atoms with Crippen molar-refractivity contribution < 1.29 is 22.4 Å². The van der Waals surface area contributed by atoms with Crippen LogP contribution in [0.2, 0.25) is 0 Å². The second-order valence-corrected chi connectivity index (χ2v) is 8.55. The number of benzene rings is 2. The lowest BCUT2D eigenvalue weighted by atomic mass is 9.89. The third kappa shape index (κ3) is 4.43. The quantitative estimate of drug-likeness (QED) is 0.429. The van der Waals surface area contributed by atoms with Crippen molar-refractivity contribution in [3.05, 3.63) is 71.8 Å². The number of carbonyl (C=O) groups is 1. The Hall–Kier alpha value is -3.95. The Labute approximate surface area is 199 Å². The van der Waals surface area contributed by atoms with E-state index >= 15 is 0 Å². The number of likely N-dealkylation sites (tertiary alicyclic amines) is 1. The van der Waals surface area contributed by atoms with Crippen LogP contribution in [-0.4, -0.2) is 44.9 Å². The summed E-state index contributed by atoms with van der Waals surface area (Å²) in [5.41, 5.74) is 0.548. The molecule has 5 rings (SSSR count). The number of piperidine rings is 1. The summed E-state index contributed by atoms with van der Waals surface area (Å²) in [4.78, 5) is 27.6. The van der Waals surface area contributed by atoms with Crippen LogP contribution in [0.1, 0.15) is 30.1 Å². The maximum absolute atomic E-state index is 14.9. The molecule has 35 heavy (non-hydrogen) atoms. The number of hydrogen-bond donors (Lipinski definition) is 1. The number of rotatable bonds is 5. The molecule has 2 aromatic heterocycles. The van der Waals surface area contributed by atoms with Crippen molar-refractivity contribution in [3.8, 4) is 11.4 Å². The maximum Gasteiger partial charge on any atom is 0.295 e. The summed E-state index contributed by atoms with van der Waals surface area (Å²) in [6, 6.07) is 7.76. The predicted octanol–water partition coefficient (Wildman–Crippen LogP) is 5.05. The number of nitrogens with one attached hydrogen (secondary N) is 1. The summed E-state index contributed by atoms with van der Waals surface area (Å²) >= 11 is 0. The van der Waals surface area contributed by atoms with Gasteiger partial charge in [0.2, 0.25) is 0 Å². The van der Waals surface area contributed by atoms with E-state index in [0.29, 0.717) is 24.2 Å². The van der Waals surface area contributed by atoms with Gasteiger partial charge < -0.3 is 14.6 Å². The molecule has 4 aromatic rings. The van der Waals surface area contributed by atoms with Crippen LogP contribution in [0, 0.1) is 23.4 Å². The van der Waals surface area contributed by atoms with Crippen molar-refractivity contribution in [3.63, 3.8) is 0 Å². The summed E-state index contributed by atoms with van der Waals surface area (Å²) in [6.07, 6.45) is 4.47. The van der Waals surface area contributed by atoms with Crippen LogP contribution in [-0.2, 0) is 0 Å². The first kappa shape index (κ1) is 22.8. The van der Waals surface area contributed by atoms with Crippen molar-refractivity contribution in [2.75, 3.05) is 18.4 Å². The molecule has 1 aliphatic rings. The van der Waals surface area contributed by atoms with Gasteiger partial charge in [-0.15, -0.1) is 0 Å². The monoisotopic (exact) mass is 481 g/mol. The minimum atomic E-state index is -1.17. The van der Waals surface area contributed by atoms with E-state index in [0.717, 1.165) is 18.9 Å². The van der Waals surface area contributed by atoms with E-state index in [1.54, 1.807) is 11.0 Å². The van der Waals surface area contributed by atoms with E-state index in [1.807, 2.05) is 6.92 Å². The van der Waals surface area contributed by atoms with Gasteiger partial charge in [-0.2, -0.15) is 4.98 Å². The highest BCUT2D eigenvalue weighted by atomic mass is 19.2. The second kappa shape index (κ2) is 9.36. The molecular formula is C25H22F3N5O2. The van der Waals surface area contributed by atoms with Crippen LogP contribution in [0.4, 0.5) is 19.2 Å².